The predicted molar refractivity (Wildman–Crippen MR) is 121 cm³/mol. The number of nitrogens with zero attached hydrogens (tertiary/aromatic N) is 4. The average molecular weight is 432 g/mol. The van der Waals surface area contributed by atoms with Crippen LogP contribution in [-0.4, -0.2) is 62.3 Å². The van der Waals surface area contributed by atoms with Crippen LogP contribution in [0.5, 0.6) is 0 Å². The second-order valence-corrected chi connectivity index (χ2v) is 8.56. The lowest BCUT2D eigenvalue weighted by Crippen LogP contribution is -2.25. The number of aliphatic hydroxyl groups excluding tert-OH is 2. The average Bonchev–Trinajstić information content (AvgIpc) is 3.39. The highest BCUT2D eigenvalue weighted by Crippen LogP contribution is 2.43. The van der Waals surface area contributed by atoms with Gasteiger partial charge in [-0.1, -0.05) is 18.2 Å². The van der Waals surface area contributed by atoms with Gasteiger partial charge in [-0.3, -0.25) is 9.98 Å². The molecule has 1 aliphatic carbocycles. The Kier molecular flexibility index (Phi) is 4.74. The van der Waals surface area contributed by atoms with E-state index >= 15 is 0 Å². The van der Waals surface area contributed by atoms with Crippen molar-refractivity contribution in [3.63, 3.8) is 0 Å². The smallest absolute Gasteiger partial charge is 0.229 e. The van der Waals surface area contributed by atoms with Gasteiger partial charge in [0.05, 0.1) is 41.6 Å². The SMILES string of the molecule is OCC1OC(C2C=Nc3c(NC4CC4)nc(Nc4cccc5cccnc45)nc32)CC1O. The molecule has 1 saturated carbocycles. The summed E-state index contributed by atoms with van der Waals surface area (Å²) in [5.74, 6) is 0.937. The molecule has 0 amide bonds. The molecule has 0 spiro atoms. The highest BCUT2D eigenvalue weighted by atomic mass is 16.5. The number of aliphatic hydroxyl groups is 2. The van der Waals surface area contributed by atoms with Gasteiger partial charge >= 0.3 is 0 Å². The highest BCUT2D eigenvalue weighted by molar-refractivity contribution is 5.92. The van der Waals surface area contributed by atoms with E-state index in [1.807, 2.05) is 36.5 Å². The zero-order chi connectivity index (χ0) is 21.7. The minimum absolute atomic E-state index is 0.215. The number of nitrogens with one attached hydrogen (secondary N) is 2. The number of ether oxygens (including phenoxy) is 1. The van der Waals surface area contributed by atoms with Gasteiger partial charge in [0.25, 0.3) is 0 Å². The summed E-state index contributed by atoms with van der Waals surface area (Å²) in [7, 11) is 0. The first-order valence-corrected chi connectivity index (χ1v) is 11.0. The van der Waals surface area contributed by atoms with Gasteiger partial charge in [-0.05, 0) is 25.0 Å². The van der Waals surface area contributed by atoms with E-state index in [0.717, 1.165) is 35.1 Å². The minimum Gasteiger partial charge on any atom is -0.394 e. The molecule has 4 atom stereocenters. The third kappa shape index (κ3) is 3.48. The van der Waals surface area contributed by atoms with Gasteiger partial charge in [-0.25, -0.2) is 4.98 Å². The Balaban J connectivity index is 1.37. The minimum atomic E-state index is -0.701. The lowest BCUT2D eigenvalue weighted by atomic mass is 9.97. The van der Waals surface area contributed by atoms with Gasteiger partial charge in [-0.2, -0.15) is 4.98 Å². The first kappa shape index (κ1) is 19.5. The van der Waals surface area contributed by atoms with Crippen LogP contribution in [0.15, 0.2) is 41.5 Å². The Hall–Kier alpha value is -3.14. The third-order valence-electron chi connectivity index (χ3n) is 6.22. The maximum absolute atomic E-state index is 10.2. The Morgan fingerprint density at radius 3 is 2.81 bits per heavy atom. The molecule has 2 aromatic heterocycles. The molecule has 4 unspecified atom stereocenters. The summed E-state index contributed by atoms with van der Waals surface area (Å²) in [6, 6.07) is 10.3. The van der Waals surface area contributed by atoms with Crippen LogP contribution in [0.4, 0.5) is 23.1 Å². The molecule has 2 aliphatic heterocycles. The summed E-state index contributed by atoms with van der Waals surface area (Å²) in [6.07, 6.45) is 4.64. The van der Waals surface area contributed by atoms with Crippen molar-refractivity contribution < 1.29 is 14.9 Å². The van der Waals surface area contributed by atoms with Crippen LogP contribution in [0, 0.1) is 0 Å². The number of aliphatic imine (C=N–C) groups is 1. The number of hydrogen-bond donors (Lipinski definition) is 4. The number of para-hydroxylation sites is 1. The van der Waals surface area contributed by atoms with Gasteiger partial charge in [0.2, 0.25) is 5.95 Å². The zero-order valence-electron chi connectivity index (χ0n) is 17.3. The topological polar surface area (TPSA) is 125 Å². The molecule has 1 saturated heterocycles. The standard InChI is InChI=1S/C23H24N6O3/c30-11-18-16(31)9-17(32-18)14-10-25-21-20(14)28-23(29-22(21)26-13-6-7-13)27-15-5-1-3-12-4-2-8-24-19(12)15/h1-5,8,10,13-14,16-18,30-31H,6-7,9,11H2,(H2,26,27,28,29). The van der Waals surface area contributed by atoms with Gasteiger partial charge < -0.3 is 25.6 Å². The molecule has 0 radical (unpaired) electrons. The van der Waals surface area contributed by atoms with Gasteiger partial charge in [0, 0.05) is 30.3 Å². The Labute approximate surface area is 184 Å². The third-order valence-corrected chi connectivity index (χ3v) is 6.22. The Morgan fingerprint density at radius 1 is 1.12 bits per heavy atom. The van der Waals surface area contributed by atoms with Crippen LogP contribution in [-0.2, 0) is 4.74 Å². The quantitative estimate of drug-likeness (QED) is 0.469. The van der Waals surface area contributed by atoms with Gasteiger partial charge in [0.15, 0.2) is 5.82 Å². The number of anilines is 3. The monoisotopic (exact) mass is 432 g/mol. The van der Waals surface area contributed by atoms with Crippen molar-refractivity contribution in [2.24, 2.45) is 4.99 Å². The lowest BCUT2D eigenvalue weighted by Gasteiger charge is -2.19. The summed E-state index contributed by atoms with van der Waals surface area (Å²) in [6.45, 7) is -0.215. The lowest BCUT2D eigenvalue weighted by molar-refractivity contribution is -0.0234. The number of benzene rings is 1. The van der Waals surface area contributed by atoms with Crippen molar-refractivity contribution in [1.29, 1.82) is 0 Å². The molecule has 4 N–H and O–H groups in total. The summed E-state index contributed by atoms with van der Waals surface area (Å²) < 4.78 is 5.91. The number of pyridine rings is 1. The summed E-state index contributed by atoms with van der Waals surface area (Å²) in [4.78, 5) is 18.6. The number of aromatic nitrogens is 3. The van der Waals surface area contributed by atoms with Crippen LogP contribution in [0.2, 0.25) is 0 Å². The molecule has 4 heterocycles. The van der Waals surface area contributed by atoms with Crippen LogP contribution in [0.25, 0.3) is 10.9 Å². The maximum Gasteiger partial charge on any atom is 0.229 e. The highest BCUT2D eigenvalue weighted by Gasteiger charge is 2.41. The molecule has 164 valence electrons. The maximum atomic E-state index is 10.2. The summed E-state index contributed by atoms with van der Waals surface area (Å²) in [5, 5.41) is 27.5. The van der Waals surface area contributed by atoms with Crippen LogP contribution in [0.1, 0.15) is 30.9 Å². The molecule has 2 fully saturated rings. The zero-order valence-corrected chi connectivity index (χ0v) is 17.3. The van der Waals surface area contributed by atoms with Crippen molar-refractivity contribution >= 4 is 40.3 Å². The molecule has 9 heteroatoms. The number of rotatable bonds is 6. The van der Waals surface area contributed by atoms with Crippen LogP contribution < -0.4 is 10.6 Å². The first-order chi connectivity index (χ1) is 15.7. The fraction of sp³-hybridized carbons (Fsp3) is 0.391. The van der Waals surface area contributed by atoms with Crippen molar-refractivity contribution in [2.75, 3.05) is 17.2 Å². The van der Waals surface area contributed by atoms with E-state index in [2.05, 4.69) is 20.6 Å². The van der Waals surface area contributed by atoms with Crippen molar-refractivity contribution in [2.45, 2.75) is 49.5 Å². The second-order valence-electron chi connectivity index (χ2n) is 8.56. The Bertz CT molecular complexity index is 1190. The molecule has 3 aromatic rings. The van der Waals surface area contributed by atoms with E-state index in [0.29, 0.717) is 29.9 Å². The van der Waals surface area contributed by atoms with E-state index in [9.17, 15) is 10.2 Å². The van der Waals surface area contributed by atoms with Crippen molar-refractivity contribution in [1.82, 2.24) is 15.0 Å². The van der Waals surface area contributed by atoms with E-state index < -0.39 is 12.2 Å². The number of hydrogen-bond acceptors (Lipinski definition) is 9. The molecule has 1 aromatic carbocycles. The summed E-state index contributed by atoms with van der Waals surface area (Å²) >= 11 is 0. The van der Waals surface area contributed by atoms with Crippen molar-refractivity contribution in [3.8, 4) is 0 Å². The Morgan fingerprint density at radius 2 is 2.00 bits per heavy atom. The second kappa shape index (κ2) is 7.77. The molecular weight excluding hydrogens is 408 g/mol. The molecular formula is C23H24N6O3. The molecule has 0 bridgehead atoms. The normalized spacial score (nSPS) is 26.4. The predicted octanol–water partition coefficient (Wildman–Crippen LogP) is 2.65. The fourth-order valence-corrected chi connectivity index (χ4v) is 4.39. The van der Waals surface area contributed by atoms with E-state index in [1.54, 1.807) is 6.20 Å². The van der Waals surface area contributed by atoms with Crippen molar-refractivity contribution in [3.05, 3.63) is 42.2 Å². The van der Waals surface area contributed by atoms with Gasteiger partial charge in [-0.15, -0.1) is 0 Å². The molecule has 9 nitrogen and oxygen atoms in total. The van der Waals surface area contributed by atoms with Crippen LogP contribution in [0.3, 0.4) is 0 Å². The van der Waals surface area contributed by atoms with E-state index in [1.165, 1.54) is 0 Å². The fourth-order valence-electron chi connectivity index (χ4n) is 4.39. The largest absolute Gasteiger partial charge is 0.394 e. The van der Waals surface area contributed by atoms with Gasteiger partial charge in [0.1, 0.15) is 11.8 Å². The van der Waals surface area contributed by atoms with E-state index in [-0.39, 0.29) is 18.6 Å². The van der Waals surface area contributed by atoms with E-state index in [4.69, 9.17) is 14.7 Å². The molecule has 3 aliphatic rings. The van der Waals surface area contributed by atoms with Crippen LogP contribution >= 0.6 is 0 Å². The first-order valence-electron chi connectivity index (χ1n) is 11.0. The number of fused-ring (bicyclic) bond motifs is 2. The molecule has 6 rings (SSSR count). The summed E-state index contributed by atoms with van der Waals surface area (Å²) in [5.41, 5.74) is 3.14. The molecule has 32 heavy (non-hydrogen) atoms.